The summed E-state index contributed by atoms with van der Waals surface area (Å²) < 4.78 is 14.6. The van der Waals surface area contributed by atoms with E-state index in [-0.39, 0.29) is 24.7 Å². The fraction of sp³-hybridized carbons (Fsp3) is 0.250. The van der Waals surface area contributed by atoms with E-state index in [1.165, 1.54) is 0 Å². The molecule has 0 aromatic carbocycles. The number of carboxylic acid groups (broad SMARTS) is 2. The van der Waals surface area contributed by atoms with Crippen molar-refractivity contribution >= 4 is 11.9 Å². The van der Waals surface area contributed by atoms with Crippen LogP contribution in [0.5, 0.6) is 11.5 Å². The van der Waals surface area contributed by atoms with Gasteiger partial charge in [-0.1, -0.05) is 0 Å². The molecular weight excluding hydrogens is 208 g/mol. The maximum atomic E-state index is 10.7. The fourth-order valence-corrected chi connectivity index (χ4v) is 1.23. The van der Waals surface area contributed by atoms with Crippen molar-refractivity contribution in [3.63, 3.8) is 0 Å². The summed E-state index contributed by atoms with van der Waals surface area (Å²) in [5, 5.41) is 17.4. The Hall–Kier alpha value is -2.18. The van der Waals surface area contributed by atoms with Crippen molar-refractivity contribution in [2.24, 2.45) is 0 Å². The zero-order chi connectivity index (χ0) is 11.0. The average Bonchev–Trinajstić information content (AvgIpc) is 2.56. The van der Waals surface area contributed by atoms with Crippen LogP contribution in [0.2, 0.25) is 0 Å². The third-order valence-corrected chi connectivity index (χ3v) is 1.79. The predicted molar refractivity (Wildman–Crippen MR) is 43.6 cm³/mol. The number of rotatable bonds is 2. The first-order chi connectivity index (χ1) is 7.11. The zero-order valence-electron chi connectivity index (χ0n) is 7.35. The summed E-state index contributed by atoms with van der Waals surface area (Å²) in [5.41, 5.74) is 0. The smallest absolute Gasteiger partial charge is 0.375 e. The molecule has 0 spiro atoms. The first kappa shape index (κ1) is 9.38. The predicted octanol–water partition coefficient (Wildman–Crippen LogP) is 0.447. The molecule has 1 aromatic rings. The summed E-state index contributed by atoms with van der Waals surface area (Å²) in [5.74, 6) is -4.23. The van der Waals surface area contributed by atoms with Crippen LogP contribution in [0.3, 0.4) is 0 Å². The maximum absolute atomic E-state index is 10.7. The van der Waals surface area contributed by atoms with Crippen LogP contribution in [0.25, 0.3) is 0 Å². The first-order valence-electron chi connectivity index (χ1n) is 4.00. The van der Waals surface area contributed by atoms with Crippen LogP contribution in [0.15, 0.2) is 4.42 Å². The summed E-state index contributed by atoms with van der Waals surface area (Å²) in [6.07, 6.45) is 0. The average molecular weight is 214 g/mol. The van der Waals surface area contributed by atoms with E-state index >= 15 is 0 Å². The van der Waals surface area contributed by atoms with Crippen LogP contribution in [0, 0.1) is 0 Å². The lowest BCUT2D eigenvalue weighted by molar-refractivity contribution is 0.0629. The standard InChI is InChI=1S/C8H6O7/c9-7(10)5-3-4(14-2-1-13-3)6(15-5)8(11)12/h1-2H2,(H,9,10)(H,11,12). The third kappa shape index (κ3) is 1.37. The van der Waals surface area contributed by atoms with Gasteiger partial charge in [-0.15, -0.1) is 0 Å². The number of carbonyl (C=O) groups is 2. The molecule has 7 nitrogen and oxygen atoms in total. The second kappa shape index (κ2) is 3.19. The molecule has 0 atom stereocenters. The molecule has 0 radical (unpaired) electrons. The second-order valence-electron chi connectivity index (χ2n) is 2.73. The van der Waals surface area contributed by atoms with Gasteiger partial charge < -0.3 is 24.1 Å². The van der Waals surface area contributed by atoms with E-state index in [0.717, 1.165) is 0 Å². The Morgan fingerprint density at radius 2 is 1.33 bits per heavy atom. The number of hydrogen-bond donors (Lipinski definition) is 2. The molecule has 2 heterocycles. The van der Waals surface area contributed by atoms with E-state index in [1.807, 2.05) is 0 Å². The highest BCUT2D eigenvalue weighted by Gasteiger charge is 2.33. The molecule has 0 saturated carbocycles. The Morgan fingerprint density at radius 3 is 1.67 bits per heavy atom. The van der Waals surface area contributed by atoms with Gasteiger partial charge in [-0.2, -0.15) is 0 Å². The lowest BCUT2D eigenvalue weighted by atomic mass is 10.3. The Kier molecular flexibility index (Phi) is 2.00. The molecular formula is C8H6O7. The molecule has 80 valence electrons. The molecule has 1 aliphatic heterocycles. The van der Waals surface area contributed by atoms with Crippen LogP contribution in [0.1, 0.15) is 21.1 Å². The van der Waals surface area contributed by atoms with E-state index in [2.05, 4.69) is 4.42 Å². The van der Waals surface area contributed by atoms with Crippen molar-refractivity contribution in [1.29, 1.82) is 0 Å². The highest BCUT2D eigenvalue weighted by molar-refractivity contribution is 5.95. The van der Waals surface area contributed by atoms with E-state index in [1.54, 1.807) is 0 Å². The number of hydrogen-bond acceptors (Lipinski definition) is 5. The fourth-order valence-electron chi connectivity index (χ4n) is 1.23. The lowest BCUT2D eigenvalue weighted by Gasteiger charge is -2.14. The number of carboxylic acids is 2. The number of fused-ring (bicyclic) bond motifs is 1. The lowest BCUT2D eigenvalue weighted by Crippen LogP contribution is -2.16. The monoisotopic (exact) mass is 214 g/mol. The van der Waals surface area contributed by atoms with Crippen molar-refractivity contribution in [2.75, 3.05) is 13.2 Å². The summed E-state index contributed by atoms with van der Waals surface area (Å²) in [6.45, 7) is 0.317. The summed E-state index contributed by atoms with van der Waals surface area (Å²) >= 11 is 0. The third-order valence-electron chi connectivity index (χ3n) is 1.79. The quantitative estimate of drug-likeness (QED) is 0.735. The number of aromatic carboxylic acids is 2. The van der Waals surface area contributed by atoms with Gasteiger partial charge in [0.15, 0.2) is 0 Å². The molecule has 1 aromatic heterocycles. The molecule has 0 unspecified atom stereocenters. The van der Waals surface area contributed by atoms with Crippen molar-refractivity contribution < 1.29 is 33.7 Å². The van der Waals surface area contributed by atoms with Gasteiger partial charge in [0.05, 0.1) is 0 Å². The minimum Gasteiger partial charge on any atom is -0.482 e. The van der Waals surface area contributed by atoms with Gasteiger partial charge >= 0.3 is 11.9 Å². The van der Waals surface area contributed by atoms with Crippen LogP contribution in [-0.4, -0.2) is 35.4 Å². The summed E-state index contributed by atoms with van der Waals surface area (Å²) in [7, 11) is 0. The van der Waals surface area contributed by atoms with E-state index in [0.29, 0.717) is 0 Å². The second-order valence-corrected chi connectivity index (χ2v) is 2.73. The Morgan fingerprint density at radius 1 is 0.933 bits per heavy atom. The highest BCUT2D eigenvalue weighted by atomic mass is 16.6. The first-order valence-corrected chi connectivity index (χ1v) is 4.00. The summed E-state index contributed by atoms with van der Waals surface area (Å²) in [6, 6.07) is 0. The molecule has 15 heavy (non-hydrogen) atoms. The molecule has 0 saturated heterocycles. The molecule has 0 fully saturated rings. The SMILES string of the molecule is O=C(O)c1oc(C(=O)O)c2c1OCCO2. The van der Waals surface area contributed by atoms with Crippen LogP contribution >= 0.6 is 0 Å². The maximum Gasteiger partial charge on any atom is 0.375 e. The topological polar surface area (TPSA) is 106 Å². The highest BCUT2D eigenvalue weighted by Crippen LogP contribution is 2.39. The molecule has 1 aliphatic rings. The van der Waals surface area contributed by atoms with Crippen molar-refractivity contribution in [1.82, 2.24) is 0 Å². The van der Waals surface area contributed by atoms with Gasteiger partial charge in [-0.25, -0.2) is 9.59 Å². The van der Waals surface area contributed by atoms with Crippen molar-refractivity contribution in [2.45, 2.75) is 0 Å². The van der Waals surface area contributed by atoms with Crippen LogP contribution in [0.4, 0.5) is 0 Å². The Labute approximate surface area is 82.8 Å². The van der Waals surface area contributed by atoms with Crippen molar-refractivity contribution in [3.8, 4) is 11.5 Å². The van der Waals surface area contributed by atoms with Gasteiger partial charge in [0, 0.05) is 0 Å². The molecule has 0 amide bonds. The van der Waals surface area contributed by atoms with E-state index < -0.39 is 23.5 Å². The van der Waals surface area contributed by atoms with Gasteiger partial charge in [0.1, 0.15) is 13.2 Å². The van der Waals surface area contributed by atoms with Gasteiger partial charge in [0.2, 0.25) is 11.5 Å². The summed E-state index contributed by atoms with van der Waals surface area (Å²) in [4.78, 5) is 21.4. The molecule has 7 heteroatoms. The number of ether oxygens (including phenoxy) is 2. The van der Waals surface area contributed by atoms with Gasteiger partial charge in [-0.3, -0.25) is 0 Å². The Bertz CT molecular complexity index is 392. The van der Waals surface area contributed by atoms with Gasteiger partial charge in [0.25, 0.3) is 11.5 Å². The molecule has 2 rings (SSSR count). The minimum absolute atomic E-state index is 0.159. The van der Waals surface area contributed by atoms with E-state index in [4.69, 9.17) is 19.7 Å². The number of furan rings is 1. The van der Waals surface area contributed by atoms with Crippen LogP contribution in [-0.2, 0) is 0 Å². The Balaban J connectivity index is 2.59. The van der Waals surface area contributed by atoms with Crippen molar-refractivity contribution in [3.05, 3.63) is 11.5 Å². The van der Waals surface area contributed by atoms with E-state index in [9.17, 15) is 9.59 Å². The molecule has 2 N–H and O–H groups in total. The normalized spacial score (nSPS) is 13.6. The molecule has 0 aliphatic carbocycles. The zero-order valence-corrected chi connectivity index (χ0v) is 7.35. The largest absolute Gasteiger partial charge is 0.482 e. The van der Waals surface area contributed by atoms with Gasteiger partial charge in [-0.05, 0) is 0 Å². The van der Waals surface area contributed by atoms with Crippen LogP contribution < -0.4 is 9.47 Å². The molecule has 0 bridgehead atoms. The minimum atomic E-state index is -1.40.